The molecular formula is C20H19ClFN7O. The van der Waals surface area contributed by atoms with Crippen molar-refractivity contribution in [3.63, 3.8) is 0 Å². The number of rotatable bonds is 4. The minimum Gasteiger partial charge on any atom is -0.353 e. The molecule has 2 amide bonds. The van der Waals surface area contributed by atoms with Crippen molar-refractivity contribution in [1.82, 2.24) is 15.0 Å². The average Bonchev–Trinajstić information content (AvgIpc) is 2.77. The molecule has 0 bridgehead atoms. The van der Waals surface area contributed by atoms with Gasteiger partial charge in [0.15, 0.2) is 0 Å². The van der Waals surface area contributed by atoms with Crippen LogP contribution in [0, 0.1) is 5.82 Å². The summed E-state index contributed by atoms with van der Waals surface area (Å²) in [6.07, 6.45) is 4.88. The lowest BCUT2D eigenvalue weighted by molar-refractivity contribution is 0.262. The Morgan fingerprint density at radius 2 is 1.63 bits per heavy atom. The summed E-state index contributed by atoms with van der Waals surface area (Å²) in [7, 11) is 0. The Kier molecular flexibility index (Phi) is 5.89. The van der Waals surface area contributed by atoms with E-state index in [9.17, 15) is 9.18 Å². The number of hydrogen-bond donors (Lipinski definition) is 2. The fourth-order valence-corrected chi connectivity index (χ4v) is 3.27. The zero-order valence-corrected chi connectivity index (χ0v) is 16.7. The van der Waals surface area contributed by atoms with Crippen molar-refractivity contribution in [2.75, 3.05) is 46.6 Å². The number of urea groups is 1. The first-order chi connectivity index (χ1) is 14.6. The first-order valence-electron chi connectivity index (χ1n) is 9.34. The maximum Gasteiger partial charge on any atom is 0.323 e. The lowest BCUT2D eigenvalue weighted by atomic mass is 10.3. The van der Waals surface area contributed by atoms with Gasteiger partial charge in [-0.1, -0.05) is 17.7 Å². The van der Waals surface area contributed by atoms with Gasteiger partial charge in [-0.05, 0) is 30.3 Å². The summed E-state index contributed by atoms with van der Waals surface area (Å²) in [6.45, 7) is 3.19. The quantitative estimate of drug-likeness (QED) is 0.661. The van der Waals surface area contributed by atoms with Gasteiger partial charge in [-0.25, -0.2) is 24.1 Å². The summed E-state index contributed by atoms with van der Waals surface area (Å²) >= 11 is 5.71. The van der Waals surface area contributed by atoms with Crippen LogP contribution in [0.5, 0.6) is 0 Å². The van der Waals surface area contributed by atoms with Crippen molar-refractivity contribution < 1.29 is 9.18 Å². The number of carbonyl (C=O) groups is 1. The van der Waals surface area contributed by atoms with Gasteiger partial charge in [0.2, 0.25) is 5.95 Å². The van der Waals surface area contributed by atoms with Gasteiger partial charge in [0.1, 0.15) is 11.6 Å². The van der Waals surface area contributed by atoms with Crippen molar-refractivity contribution in [2.45, 2.75) is 0 Å². The third-order valence-corrected chi connectivity index (χ3v) is 4.90. The molecule has 0 spiro atoms. The number of halogens is 2. The van der Waals surface area contributed by atoms with Gasteiger partial charge in [-0.2, -0.15) is 0 Å². The number of aromatic nitrogens is 3. The molecule has 1 saturated heterocycles. The summed E-state index contributed by atoms with van der Waals surface area (Å²) < 4.78 is 13.2. The van der Waals surface area contributed by atoms with Crippen LogP contribution in [0.1, 0.15) is 0 Å². The fourth-order valence-electron chi connectivity index (χ4n) is 3.09. The van der Waals surface area contributed by atoms with Crippen LogP contribution in [-0.4, -0.2) is 47.2 Å². The highest BCUT2D eigenvalue weighted by molar-refractivity contribution is 6.31. The predicted octanol–water partition coefficient (Wildman–Crippen LogP) is 3.63. The highest BCUT2D eigenvalue weighted by atomic mass is 35.5. The van der Waals surface area contributed by atoms with E-state index in [-0.39, 0.29) is 5.02 Å². The second-order valence-electron chi connectivity index (χ2n) is 6.64. The van der Waals surface area contributed by atoms with Gasteiger partial charge >= 0.3 is 6.03 Å². The summed E-state index contributed by atoms with van der Waals surface area (Å²) in [6, 6.07) is 9.31. The fraction of sp³-hybridized carbons (Fsp3) is 0.200. The molecule has 4 rings (SSSR count). The lowest BCUT2D eigenvalue weighted by Crippen LogP contribution is -2.47. The lowest BCUT2D eigenvalue weighted by Gasteiger charge is -2.35. The molecule has 1 fully saturated rings. The molecule has 30 heavy (non-hydrogen) atoms. The highest BCUT2D eigenvalue weighted by Crippen LogP contribution is 2.20. The monoisotopic (exact) mass is 427 g/mol. The van der Waals surface area contributed by atoms with E-state index in [4.69, 9.17) is 11.6 Å². The number of benzene rings is 1. The normalized spacial score (nSPS) is 13.8. The molecule has 2 aromatic heterocycles. The van der Waals surface area contributed by atoms with Gasteiger partial charge in [-0.15, -0.1) is 0 Å². The van der Waals surface area contributed by atoms with E-state index >= 15 is 0 Å². The maximum absolute atomic E-state index is 13.2. The summed E-state index contributed by atoms with van der Waals surface area (Å²) in [4.78, 5) is 29.5. The Bertz CT molecular complexity index is 1010. The number of hydrogen-bond acceptors (Lipinski definition) is 6. The summed E-state index contributed by atoms with van der Waals surface area (Å²) in [5.74, 6) is 1.02. The number of anilines is 4. The largest absolute Gasteiger partial charge is 0.353 e. The van der Waals surface area contributed by atoms with Crippen molar-refractivity contribution in [2.24, 2.45) is 0 Å². The smallest absolute Gasteiger partial charge is 0.323 e. The number of nitrogens with zero attached hydrogens (tertiary/aromatic N) is 5. The van der Waals surface area contributed by atoms with Crippen LogP contribution in [0.3, 0.4) is 0 Å². The minimum absolute atomic E-state index is 0.0661. The van der Waals surface area contributed by atoms with E-state index in [0.29, 0.717) is 17.3 Å². The molecule has 0 unspecified atom stereocenters. The van der Waals surface area contributed by atoms with E-state index in [0.717, 1.165) is 32.0 Å². The Labute approximate surface area is 177 Å². The van der Waals surface area contributed by atoms with Gasteiger partial charge in [0, 0.05) is 38.1 Å². The second-order valence-corrected chi connectivity index (χ2v) is 7.05. The van der Waals surface area contributed by atoms with Gasteiger partial charge < -0.3 is 20.4 Å². The third-order valence-electron chi connectivity index (χ3n) is 4.61. The molecule has 0 radical (unpaired) electrons. The highest BCUT2D eigenvalue weighted by Gasteiger charge is 2.19. The van der Waals surface area contributed by atoms with E-state index in [1.54, 1.807) is 18.6 Å². The van der Waals surface area contributed by atoms with Gasteiger partial charge in [0.05, 0.1) is 23.1 Å². The van der Waals surface area contributed by atoms with Crippen LogP contribution >= 0.6 is 11.6 Å². The zero-order chi connectivity index (χ0) is 20.9. The number of carbonyl (C=O) groups excluding carboxylic acids is 1. The Morgan fingerprint density at radius 1 is 0.933 bits per heavy atom. The number of piperazine rings is 1. The molecular weight excluding hydrogens is 409 g/mol. The zero-order valence-electron chi connectivity index (χ0n) is 15.9. The molecule has 3 aromatic rings. The van der Waals surface area contributed by atoms with E-state index in [1.165, 1.54) is 18.2 Å². The number of nitrogens with one attached hydrogen (secondary N) is 2. The molecule has 2 N–H and O–H groups in total. The number of pyridine rings is 1. The average molecular weight is 428 g/mol. The molecule has 8 nitrogen and oxygen atoms in total. The first kappa shape index (κ1) is 19.8. The van der Waals surface area contributed by atoms with Crippen molar-refractivity contribution in [3.8, 4) is 0 Å². The minimum atomic E-state index is -0.549. The summed E-state index contributed by atoms with van der Waals surface area (Å²) in [5.41, 5.74) is 0.818. The van der Waals surface area contributed by atoms with Crippen molar-refractivity contribution >= 4 is 40.8 Å². The van der Waals surface area contributed by atoms with Crippen molar-refractivity contribution in [1.29, 1.82) is 0 Å². The van der Waals surface area contributed by atoms with E-state index in [1.807, 2.05) is 18.2 Å². The first-order valence-corrected chi connectivity index (χ1v) is 9.72. The Morgan fingerprint density at radius 3 is 2.30 bits per heavy atom. The Hall–Kier alpha value is -3.46. The van der Waals surface area contributed by atoms with Crippen LogP contribution in [0.4, 0.5) is 32.3 Å². The standard InChI is InChI=1S/C20H19ClFN7O/c21-16-11-14(4-5-17(16)22)26-20(30)27-15-12-24-19(25-13-15)29-9-7-28(8-10-29)18-3-1-2-6-23-18/h1-6,11-13H,7-10H2,(H2,26,27,30). The van der Waals surface area contributed by atoms with Crippen molar-refractivity contribution in [3.05, 3.63) is 65.8 Å². The van der Waals surface area contributed by atoms with Gasteiger partial charge in [-0.3, -0.25) is 0 Å². The van der Waals surface area contributed by atoms with Crippen LogP contribution in [-0.2, 0) is 0 Å². The molecule has 1 aromatic carbocycles. The van der Waals surface area contributed by atoms with E-state index in [2.05, 4.69) is 35.4 Å². The van der Waals surface area contributed by atoms with E-state index < -0.39 is 11.8 Å². The van der Waals surface area contributed by atoms with Crippen LogP contribution < -0.4 is 20.4 Å². The predicted molar refractivity (Wildman–Crippen MR) is 115 cm³/mol. The molecule has 154 valence electrons. The maximum atomic E-state index is 13.2. The molecule has 0 aliphatic carbocycles. The third kappa shape index (κ3) is 4.74. The SMILES string of the molecule is O=C(Nc1cnc(N2CCN(c3ccccn3)CC2)nc1)Nc1ccc(F)c(Cl)c1. The van der Waals surface area contributed by atoms with Gasteiger partial charge in [0.25, 0.3) is 0 Å². The summed E-state index contributed by atoms with van der Waals surface area (Å²) in [5, 5.41) is 5.15. The van der Waals surface area contributed by atoms with Crippen LogP contribution in [0.2, 0.25) is 5.02 Å². The molecule has 1 aliphatic heterocycles. The second kappa shape index (κ2) is 8.91. The molecule has 1 aliphatic rings. The van der Waals surface area contributed by atoms with Crippen LogP contribution in [0.25, 0.3) is 0 Å². The van der Waals surface area contributed by atoms with Crippen LogP contribution in [0.15, 0.2) is 55.0 Å². The number of amides is 2. The molecule has 10 heteroatoms. The molecule has 0 atom stereocenters. The molecule has 3 heterocycles. The molecule has 0 saturated carbocycles. The topological polar surface area (TPSA) is 86.3 Å². The Balaban J connectivity index is 1.31.